The molecule has 1 heterocycles. The zero-order valence-electron chi connectivity index (χ0n) is 7.90. The monoisotopic (exact) mass is 192 g/mol. The SMILES string of the molecule is N#CCCN1C(=O)C2CCCC2C1=O. The molecule has 2 fully saturated rings. The largest absolute Gasteiger partial charge is 0.281 e. The van der Waals surface area contributed by atoms with Crippen LogP contribution in [0.1, 0.15) is 25.7 Å². The van der Waals surface area contributed by atoms with Crippen LogP contribution >= 0.6 is 0 Å². The summed E-state index contributed by atoms with van der Waals surface area (Å²) in [4.78, 5) is 24.7. The number of nitriles is 1. The number of likely N-dealkylation sites (tertiary alicyclic amines) is 1. The normalized spacial score (nSPS) is 30.6. The van der Waals surface area contributed by atoms with Crippen LogP contribution in [0, 0.1) is 23.2 Å². The van der Waals surface area contributed by atoms with Crippen molar-refractivity contribution in [2.45, 2.75) is 25.7 Å². The molecular formula is C10H12N2O2. The van der Waals surface area contributed by atoms with Crippen LogP contribution in [-0.4, -0.2) is 23.3 Å². The van der Waals surface area contributed by atoms with Crippen molar-refractivity contribution in [3.05, 3.63) is 0 Å². The number of carbonyl (C=O) groups is 2. The zero-order chi connectivity index (χ0) is 10.1. The Balaban J connectivity index is 2.10. The van der Waals surface area contributed by atoms with Crippen LogP contribution < -0.4 is 0 Å². The van der Waals surface area contributed by atoms with Gasteiger partial charge in [0.1, 0.15) is 0 Å². The first-order chi connectivity index (χ1) is 6.75. The Morgan fingerprint density at radius 1 is 1.29 bits per heavy atom. The molecule has 2 aliphatic rings. The topological polar surface area (TPSA) is 61.2 Å². The van der Waals surface area contributed by atoms with Crippen molar-refractivity contribution in [2.75, 3.05) is 6.54 Å². The molecule has 0 aromatic rings. The minimum atomic E-state index is -0.0683. The first kappa shape index (κ1) is 9.20. The summed E-state index contributed by atoms with van der Waals surface area (Å²) in [5.74, 6) is -0.233. The first-order valence-electron chi connectivity index (χ1n) is 4.98. The average Bonchev–Trinajstić information content (AvgIpc) is 2.72. The summed E-state index contributed by atoms with van der Waals surface area (Å²) >= 11 is 0. The Hall–Kier alpha value is -1.37. The van der Waals surface area contributed by atoms with Crippen LogP contribution in [0.5, 0.6) is 0 Å². The van der Waals surface area contributed by atoms with Crippen LogP contribution in [0.25, 0.3) is 0 Å². The Labute approximate surface area is 82.5 Å². The number of amides is 2. The van der Waals surface area contributed by atoms with Gasteiger partial charge in [-0.3, -0.25) is 14.5 Å². The summed E-state index contributed by atoms with van der Waals surface area (Å²) in [6, 6.07) is 1.96. The van der Waals surface area contributed by atoms with Crippen molar-refractivity contribution in [1.29, 1.82) is 5.26 Å². The van der Waals surface area contributed by atoms with Crippen molar-refractivity contribution in [1.82, 2.24) is 4.90 Å². The van der Waals surface area contributed by atoms with Gasteiger partial charge in [0.05, 0.1) is 24.3 Å². The molecule has 4 heteroatoms. The molecule has 2 atom stereocenters. The van der Waals surface area contributed by atoms with Gasteiger partial charge in [-0.15, -0.1) is 0 Å². The fraction of sp³-hybridized carbons (Fsp3) is 0.700. The van der Waals surface area contributed by atoms with Crippen molar-refractivity contribution in [3.63, 3.8) is 0 Å². The summed E-state index contributed by atoms with van der Waals surface area (Å²) in [5.41, 5.74) is 0. The second-order valence-electron chi connectivity index (χ2n) is 3.88. The third-order valence-corrected chi connectivity index (χ3v) is 3.13. The number of rotatable bonds is 2. The molecule has 14 heavy (non-hydrogen) atoms. The maximum absolute atomic E-state index is 11.7. The highest BCUT2D eigenvalue weighted by Gasteiger charge is 2.49. The summed E-state index contributed by atoms with van der Waals surface area (Å²) in [6.45, 7) is 0.279. The molecule has 0 radical (unpaired) electrons. The lowest BCUT2D eigenvalue weighted by Crippen LogP contribution is -2.32. The predicted octanol–water partition coefficient (Wildman–Crippen LogP) is 0.685. The molecule has 74 valence electrons. The molecule has 0 N–H and O–H groups in total. The van der Waals surface area contributed by atoms with Gasteiger partial charge in [-0.1, -0.05) is 6.42 Å². The summed E-state index contributed by atoms with van der Waals surface area (Å²) < 4.78 is 0. The van der Waals surface area contributed by atoms with E-state index in [1.54, 1.807) is 0 Å². The summed E-state index contributed by atoms with van der Waals surface area (Å²) in [6.07, 6.45) is 2.92. The molecule has 4 nitrogen and oxygen atoms in total. The first-order valence-corrected chi connectivity index (χ1v) is 4.98. The number of hydrogen-bond donors (Lipinski definition) is 0. The third-order valence-electron chi connectivity index (χ3n) is 3.13. The Kier molecular flexibility index (Phi) is 2.24. The molecule has 1 aliphatic heterocycles. The molecule has 1 saturated heterocycles. The maximum atomic E-state index is 11.7. The van der Waals surface area contributed by atoms with E-state index in [1.165, 1.54) is 4.90 Å². The van der Waals surface area contributed by atoms with Crippen LogP contribution in [0.4, 0.5) is 0 Å². The van der Waals surface area contributed by atoms with E-state index in [0.29, 0.717) is 0 Å². The van der Waals surface area contributed by atoms with Gasteiger partial charge < -0.3 is 0 Å². The van der Waals surface area contributed by atoms with E-state index in [2.05, 4.69) is 0 Å². The number of carbonyl (C=O) groups excluding carboxylic acids is 2. The Morgan fingerprint density at radius 2 is 1.86 bits per heavy atom. The van der Waals surface area contributed by atoms with E-state index in [9.17, 15) is 9.59 Å². The lowest BCUT2D eigenvalue weighted by molar-refractivity contribution is -0.140. The smallest absolute Gasteiger partial charge is 0.233 e. The molecule has 2 rings (SSSR count). The number of fused-ring (bicyclic) bond motifs is 1. The third kappa shape index (κ3) is 1.20. The molecule has 1 saturated carbocycles. The van der Waals surface area contributed by atoms with Gasteiger partial charge in [0.25, 0.3) is 0 Å². The molecular weight excluding hydrogens is 180 g/mol. The van der Waals surface area contributed by atoms with E-state index in [0.717, 1.165) is 19.3 Å². The molecule has 2 unspecified atom stereocenters. The molecule has 0 aromatic heterocycles. The molecule has 0 aromatic carbocycles. The van der Waals surface area contributed by atoms with Gasteiger partial charge in [-0.25, -0.2) is 0 Å². The second kappa shape index (κ2) is 3.41. The quantitative estimate of drug-likeness (QED) is 0.604. The van der Waals surface area contributed by atoms with E-state index in [1.807, 2.05) is 6.07 Å². The van der Waals surface area contributed by atoms with E-state index >= 15 is 0 Å². The minimum absolute atomic E-state index is 0.0484. The van der Waals surface area contributed by atoms with Crippen LogP contribution in [0.15, 0.2) is 0 Å². The highest BCUT2D eigenvalue weighted by atomic mass is 16.2. The van der Waals surface area contributed by atoms with Crippen molar-refractivity contribution in [3.8, 4) is 6.07 Å². The van der Waals surface area contributed by atoms with Crippen LogP contribution in [0.2, 0.25) is 0 Å². The second-order valence-corrected chi connectivity index (χ2v) is 3.88. The molecule has 2 amide bonds. The highest BCUT2D eigenvalue weighted by molar-refractivity contribution is 6.05. The van der Waals surface area contributed by atoms with Gasteiger partial charge in [-0.2, -0.15) is 5.26 Å². The maximum Gasteiger partial charge on any atom is 0.233 e. The van der Waals surface area contributed by atoms with Gasteiger partial charge in [-0.05, 0) is 12.8 Å². The zero-order valence-corrected chi connectivity index (χ0v) is 7.90. The predicted molar refractivity (Wildman–Crippen MR) is 47.8 cm³/mol. The van der Waals surface area contributed by atoms with Crippen LogP contribution in [-0.2, 0) is 9.59 Å². The minimum Gasteiger partial charge on any atom is -0.281 e. The Bertz CT molecular complexity index is 297. The van der Waals surface area contributed by atoms with E-state index in [-0.39, 0.29) is 36.6 Å². The highest BCUT2D eigenvalue weighted by Crippen LogP contribution is 2.39. The molecule has 0 bridgehead atoms. The van der Waals surface area contributed by atoms with Crippen molar-refractivity contribution in [2.24, 2.45) is 11.8 Å². The standard InChI is InChI=1S/C10H12N2O2/c11-5-2-6-12-9(13)7-3-1-4-8(7)10(12)14/h7-8H,1-4,6H2. The summed E-state index contributed by atoms with van der Waals surface area (Å²) in [5, 5.41) is 8.40. The lowest BCUT2D eigenvalue weighted by atomic mass is 10.00. The summed E-state index contributed by atoms with van der Waals surface area (Å²) in [7, 11) is 0. The molecule has 1 aliphatic carbocycles. The number of hydrogen-bond acceptors (Lipinski definition) is 3. The fourth-order valence-corrected chi connectivity index (χ4v) is 2.44. The molecule has 0 spiro atoms. The number of imide groups is 1. The fourth-order valence-electron chi connectivity index (χ4n) is 2.44. The van der Waals surface area contributed by atoms with Crippen molar-refractivity contribution >= 4 is 11.8 Å². The van der Waals surface area contributed by atoms with Gasteiger partial charge in [0.2, 0.25) is 11.8 Å². The van der Waals surface area contributed by atoms with E-state index in [4.69, 9.17) is 5.26 Å². The van der Waals surface area contributed by atoms with Crippen molar-refractivity contribution < 1.29 is 9.59 Å². The average molecular weight is 192 g/mol. The van der Waals surface area contributed by atoms with Gasteiger partial charge in [0, 0.05) is 6.54 Å². The van der Waals surface area contributed by atoms with Crippen LogP contribution in [0.3, 0.4) is 0 Å². The number of nitrogens with zero attached hydrogens (tertiary/aromatic N) is 2. The van der Waals surface area contributed by atoms with E-state index < -0.39 is 0 Å². The van der Waals surface area contributed by atoms with Gasteiger partial charge >= 0.3 is 0 Å². The lowest BCUT2D eigenvalue weighted by Gasteiger charge is -2.13. The van der Waals surface area contributed by atoms with Gasteiger partial charge in [0.15, 0.2) is 0 Å². The Morgan fingerprint density at radius 3 is 2.36 bits per heavy atom.